The second-order valence-corrected chi connectivity index (χ2v) is 6.58. The average molecular weight is 449 g/mol. The van der Waals surface area contributed by atoms with Gasteiger partial charge >= 0.3 is 11.9 Å². The van der Waals surface area contributed by atoms with Gasteiger partial charge in [-0.25, -0.2) is 4.79 Å². The van der Waals surface area contributed by atoms with Crippen LogP contribution < -0.4 is 27.4 Å². The number of aliphatic hydroxyl groups is 2. The molecule has 0 aromatic rings. The number of carbonyl (C=O) groups is 6. The number of aliphatic carboxylic acids is 2. The molecule has 0 aromatic carbocycles. The lowest BCUT2D eigenvalue weighted by atomic mass is 10.1. The smallest absolute Gasteiger partial charge is 0.326 e. The van der Waals surface area contributed by atoms with Crippen molar-refractivity contribution in [2.24, 2.45) is 11.5 Å². The molecule has 0 fully saturated rings. The lowest BCUT2D eigenvalue weighted by Gasteiger charge is -2.25. The van der Waals surface area contributed by atoms with Gasteiger partial charge in [0, 0.05) is 6.42 Å². The molecule has 4 amide bonds. The molecular weight excluding hydrogens is 422 g/mol. The number of rotatable bonds is 14. The number of nitrogens with one attached hydrogen (secondary N) is 3. The molecule has 0 spiro atoms. The molecule has 0 bridgehead atoms. The van der Waals surface area contributed by atoms with Gasteiger partial charge in [0.2, 0.25) is 23.6 Å². The third-order valence-electron chi connectivity index (χ3n) is 3.90. The van der Waals surface area contributed by atoms with Crippen LogP contribution in [0.15, 0.2) is 0 Å². The van der Waals surface area contributed by atoms with Gasteiger partial charge in [0.1, 0.15) is 18.1 Å². The molecule has 0 aliphatic rings. The summed E-state index contributed by atoms with van der Waals surface area (Å²) in [5.41, 5.74) is 10.3. The molecule has 0 heterocycles. The molecule has 31 heavy (non-hydrogen) atoms. The first-order valence-electron chi connectivity index (χ1n) is 8.98. The summed E-state index contributed by atoms with van der Waals surface area (Å²) in [7, 11) is 0. The molecule has 0 aromatic heterocycles. The normalized spacial score (nSPS) is 15.5. The van der Waals surface area contributed by atoms with Gasteiger partial charge in [-0.2, -0.15) is 0 Å². The summed E-state index contributed by atoms with van der Waals surface area (Å²) in [5.74, 6) is -6.97. The van der Waals surface area contributed by atoms with Gasteiger partial charge in [0.15, 0.2) is 0 Å². The van der Waals surface area contributed by atoms with E-state index in [0.717, 1.165) is 6.92 Å². The summed E-state index contributed by atoms with van der Waals surface area (Å²) >= 11 is 0. The molecule has 0 saturated heterocycles. The molecule has 0 radical (unpaired) electrons. The predicted octanol–water partition coefficient (Wildman–Crippen LogP) is -5.03. The molecule has 0 aliphatic heterocycles. The number of primary amides is 1. The van der Waals surface area contributed by atoms with E-state index in [1.54, 1.807) is 0 Å². The van der Waals surface area contributed by atoms with Crippen molar-refractivity contribution >= 4 is 35.6 Å². The van der Waals surface area contributed by atoms with Crippen molar-refractivity contribution in [3.05, 3.63) is 0 Å². The molecule has 0 aliphatic carbocycles. The fourth-order valence-electron chi connectivity index (χ4n) is 2.23. The largest absolute Gasteiger partial charge is 0.481 e. The van der Waals surface area contributed by atoms with Gasteiger partial charge < -0.3 is 47.8 Å². The summed E-state index contributed by atoms with van der Waals surface area (Å²) in [4.78, 5) is 69.1. The Morgan fingerprint density at radius 2 is 1.45 bits per heavy atom. The van der Waals surface area contributed by atoms with Crippen LogP contribution in [-0.4, -0.2) is 92.9 Å². The lowest BCUT2D eigenvalue weighted by Crippen LogP contribution is -2.60. The fraction of sp³-hybridized carbons (Fsp3) is 0.625. The van der Waals surface area contributed by atoms with Crippen molar-refractivity contribution < 1.29 is 49.2 Å². The Bertz CT molecular complexity index is 698. The Hall–Kier alpha value is -3.30. The van der Waals surface area contributed by atoms with Gasteiger partial charge in [-0.15, -0.1) is 0 Å². The van der Waals surface area contributed by atoms with Gasteiger partial charge in [0.05, 0.1) is 25.2 Å². The van der Waals surface area contributed by atoms with Crippen LogP contribution in [0.1, 0.15) is 26.2 Å². The summed E-state index contributed by atoms with van der Waals surface area (Å²) in [5, 5.41) is 42.9. The first-order chi connectivity index (χ1) is 14.3. The highest BCUT2D eigenvalue weighted by Gasteiger charge is 2.32. The lowest BCUT2D eigenvalue weighted by molar-refractivity contribution is -0.144. The number of amides is 4. The van der Waals surface area contributed by atoms with Gasteiger partial charge in [-0.1, -0.05) is 0 Å². The van der Waals surface area contributed by atoms with Crippen LogP contribution in [0.25, 0.3) is 0 Å². The van der Waals surface area contributed by atoms with Crippen molar-refractivity contribution in [1.29, 1.82) is 0 Å². The maximum absolute atomic E-state index is 12.3. The van der Waals surface area contributed by atoms with E-state index in [0.29, 0.717) is 0 Å². The van der Waals surface area contributed by atoms with Crippen molar-refractivity contribution in [3.8, 4) is 0 Å². The molecule has 5 atom stereocenters. The summed E-state index contributed by atoms with van der Waals surface area (Å²) in [6, 6.07) is -6.34. The molecule has 0 rings (SSSR count). The summed E-state index contributed by atoms with van der Waals surface area (Å²) < 4.78 is 0. The van der Waals surface area contributed by atoms with Crippen LogP contribution in [0.2, 0.25) is 0 Å². The number of aliphatic hydroxyl groups excluding tert-OH is 2. The maximum Gasteiger partial charge on any atom is 0.326 e. The second kappa shape index (κ2) is 13.1. The van der Waals surface area contributed by atoms with Gasteiger partial charge in [-0.05, 0) is 13.3 Å². The SMILES string of the molecule is CC(O)C(NC(=O)C(CO)NC(=O)C(N)CC(N)=O)C(=O)NC(CCC(=O)O)C(=O)O. The number of carboxylic acids is 2. The van der Waals surface area contributed by atoms with Gasteiger partial charge in [-0.3, -0.25) is 24.0 Å². The maximum atomic E-state index is 12.3. The molecule has 15 nitrogen and oxygen atoms in total. The average Bonchev–Trinajstić information content (AvgIpc) is 2.65. The summed E-state index contributed by atoms with van der Waals surface area (Å²) in [6.07, 6.45) is -3.08. The van der Waals surface area contributed by atoms with Gasteiger partial charge in [0.25, 0.3) is 0 Å². The molecule has 11 N–H and O–H groups in total. The zero-order valence-corrected chi connectivity index (χ0v) is 16.6. The van der Waals surface area contributed by atoms with Crippen LogP contribution in [0, 0.1) is 0 Å². The van der Waals surface area contributed by atoms with Crippen LogP contribution in [-0.2, 0) is 28.8 Å². The van der Waals surface area contributed by atoms with Crippen molar-refractivity contribution in [2.75, 3.05) is 6.61 Å². The number of nitrogens with two attached hydrogens (primary N) is 2. The fourth-order valence-corrected chi connectivity index (χ4v) is 2.23. The third kappa shape index (κ3) is 10.3. The van der Waals surface area contributed by atoms with E-state index in [9.17, 15) is 39.0 Å². The molecule has 176 valence electrons. The van der Waals surface area contributed by atoms with E-state index < -0.39 is 91.7 Å². The quantitative estimate of drug-likeness (QED) is 0.121. The minimum absolute atomic E-state index is 0.454. The third-order valence-corrected chi connectivity index (χ3v) is 3.90. The van der Waals surface area contributed by atoms with E-state index in [-0.39, 0.29) is 0 Å². The molecule has 0 saturated carbocycles. The first-order valence-corrected chi connectivity index (χ1v) is 8.98. The number of hydrogen-bond donors (Lipinski definition) is 9. The Kier molecular flexibility index (Phi) is 11.7. The minimum atomic E-state index is -1.70. The highest BCUT2D eigenvalue weighted by atomic mass is 16.4. The van der Waals surface area contributed by atoms with E-state index in [2.05, 4.69) is 0 Å². The van der Waals surface area contributed by atoms with Crippen LogP contribution in [0.3, 0.4) is 0 Å². The Morgan fingerprint density at radius 3 is 1.87 bits per heavy atom. The monoisotopic (exact) mass is 449 g/mol. The number of hydrogen-bond acceptors (Lipinski definition) is 9. The zero-order chi connectivity index (χ0) is 24.3. The number of carboxylic acid groups (broad SMARTS) is 2. The molecular formula is C16H27N5O10. The molecule has 15 heteroatoms. The van der Waals surface area contributed by atoms with Crippen molar-refractivity contribution in [2.45, 2.75) is 56.5 Å². The number of carbonyl (C=O) groups excluding carboxylic acids is 4. The van der Waals surface area contributed by atoms with Crippen molar-refractivity contribution in [1.82, 2.24) is 16.0 Å². The van der Waals surface area contributed by atoms with E-state index in [1.165, 1.54) is 0 Å². The van der Waals surface area contributed by atoms with E-state index in [4.69, 9.17) is 21.7 Å². The standard InChI is InChI=1S/C16H27N5O10/c1-6(23)12(15(29)19-8(16(30)31)2-3-11(25)26)21-14(28)9(5-22)20-13(27)7(17)4-10(18)24/h6-9,12,22-23H,2-5,17H2,1H3,(H2,18,24)(H,19,29)(H,20,27)(H,21,28)(H,25,26)(H,30,31). The Morgan fingerprint density at radius 1 is 0.903 bits per heavy atom. The summed E-state index contributed by atoms with van der Waals surface area (Å²) in [6.45, 7) is 0.165. The minimum Gasteiger partial charge on any atom is -0.481 e. The Labute approximate surface area is 176 Å². The zero-order valence-electron chi connectivity index (χ0n) is 16.6. The first kappa shape index (κ1) is 27.7. The van der Waals surface area contributed by atoms with E-state index >= 15 is 0 Å². The molecule has 5 unspecified atom stereocenters. The Balaban J connectivity index is 5.19. The van der Waals surface area contributed by atoms with Crippen LogP contribution in [0.5, 0.6) is 0 Å². The highest BCUT2D eigenvalue weighted by molar-refractivity contribution is 5.95. The van der Waals surface area contributed by atoms with Crippen molar-refractivity contribution in [3.63, 3.8) is 0 Å². The van der Waals surface area contributed by atoms with Crippen LogP contribution in [0.4, 0.5) is 0 Å². The highest BCUT2D eigenvalue weighted by Crippen LogP contribution is 2.02. The van der Waals surface area contributed by atoms with Crippen LogP contribution >= 0.6 is 0 Å². The second-order valence-electron chi connectivity index (χ2n) is 6.58. The van der Waals surface area contributed by atoms with E-state index in [1.807, 2.05) is 16.0 Å². The topological polar surface area (TPSA) is 271 Å². The predicted molar refractivity (Wildman–Crippen MR) is 101 cm³/mol.